The van der Waals surface area contributed by atoms with Crippen LogP contribution < -0.4 is 0 Å². The van der Waals surface area contributed by atoms with Crippen LogP contribution in [0.5, 0.6) is 0 Å². The van der Waals surface area contributed by atoms with Gasteiger partial charge in [0.1, 0.15) is 23.4 Å². The van der Waals surface area contributed by atoms with Crippen molar-refractivity contribution in [3.63, 3.8) is 0 Å². The number of ether oxygens (including phenoxy) is 2. The predicted molar refractivity (Wildman–Crippen MR) is 114 cm³/mol. The van der Waals surface area contributed by atoms with Gasteiger partial charge in [0.25, 0.3) is 5.91 Å². The van der Waals surface area contributed by atoms with Gasteiger partial charge in [-0.3, -0.25) is 19.3 Å². The predicted octanol–water partition coefficient (Wildman–Crippen LogP) is 3.27. The smallest absolute Gasteiger partial charge is 0.310 e. The lowest BCUT2D eigenvalue weighted by molar-refractivity contribution is -0.152. The van der Waals surface area contributed by atoms with Crippen LogP contribution >= 0.6 is 0 Å². The molecule has 0 N–H and O–H groups in total. The van der Waals surface area contributed by atoms with E-state index in [2.05, 4.69) is 0 Å². The van der Waals surface area contributed by atoms with Crippen molar-refractivity contribution >= 4 is 17.8 Å². The van der Waals surface area contributed by atoms with Gasteiger partial charge in [0, 0.05) is 24.7 Å². The summed E-state index contributed by atoms with van der Waals surface area (Å²) < 4.78 is 39.0. The molecular formula is C24H30F2N2O5. The first kappa shape index (κ1) is 23.6. The molecule has 1 aromatic carbocycles. The second-order valence-corrected chi connectivity index (χ2v) is 9.04. The summed E-state index contributed by atoms with van der Waals surface area (Å²) in [5.41, 5.74) is -1.11. The summed E-state index contributed by atoms with van der Waals surface area (Å²) in [5.74, 6) is -3.37. The van der Waals surface area contributed by atoms with E-state index in [-0.39, 0.29) is 37.2 Å². The van der Waals surface area contributed by atoms with Crippen molar-refractivity contribution in [2.45, 2.75) is 63.6 Å². The van der Waals surface area contributed by atoms with Crippen LogP contribution in [0.4, 0.5) is 8.78 Å². The van der Waals surface area contributed by atoms with Gasteiger partial charge in [-0.25, -0.2) is 8.78 Å². The van der Waals surface area contributed by atoms with E-state index < -0.39 is 35.2 Å². The van der Waals surface area contributed by atoms with Crippen molar-refractivity contribution in [1.29, 1.82) is 0 Å². The Morgan fingerprint density at radius 3 is 2.45 bits per heavy atom. The normalized spacial score (nSPS) is 24.7. The molecule has 1 spiro atoms. The molecular weight excluding hydrogens is 434 g/mol. The van der Waals surface area contributed by atoms with Crippen LogP contribution in [-0.4, -0.2) is 65.7 Å². The number of esters is 1. The Balaban J connectivity index is 1.61. The van der Waals surface area contributed by atoms with E-state index in [0.29, 0.717) is 38.3 Å². The van der Waals surface area contributed by atoms with Crippen molar-refractivity contribution < 1.29 is 32.6 Å². The van der Waals surface area contributed by atoms with E-state index in [9.17, 15) is 23.2 Å². The van der Waals surface area contributed by atoms with Gasteiger partial charge in [-0.15, -0.1) is 0 Å². The zero-order chi connectivity index (χ0) is 23.6. The number of carbonyl (C=O) groups is 3. The highest BCUT2D eigenvalue weighted by Gasteiger charge is 2.54. The highest BCUT2D eigenvalue weighted by Crippen LogP contribution is 2.42. The average molecular weight is 465 g/mol. The first-order valence-corrected chi connectivity index (χ1v) is 11.7. The first-order chi connectivity index (χ1) is 15.8. The second-order valence-electron chi connectivity index (χ2n) is 9.04. The molecule has 0 radical (unpaired) electrons. The summed E-state index contributed by atoms with van der Waals surface area (Å²) in [4.78, 5) is 42.4. The molecule has 0 unspecified atom stereocenters. The maximum absolute atomic E-state index is 13.9. The number of carbonyl (C=O) groups excluding carboxylic acids is 3. The van der Waals surface area contributed by atoms with Crippen molar-refractivity contribution in [3.05, 3.63) is 35.4 Å². The summed E-state index contributed by atoms with van der Waals surface area (Å²) in [6.07, 6.45) is 5.06. The minimum atomic E-state index is -0.964. The SMILES string of the molecule is CCOC(=O)[C@H]1CCCN(C(=O)[C@H]2COC3(CCCCC3)N2C(=O)c2cc(F)cc(F)c2)C1. The molecule has 1 aliphatic carbocycles. The molecule has 180 valence electrons. The van der Waals surface area contributed by atoms with Crippen LogP contribution in [0.2, 0.25) is 0 Å². The lowest BCUT2D eigenvalue weighted by atomic mass is 9.89. The standard InChI is InChI=1S/C24H30F2N2O5/c1-2-32-23(31)16-7-6-10-27(14-16)22(30)20-15-33-24(8-4-3-5-9-24)28(20)21(29)17-11-18(25)13-19(26)12-17/h11-13,16,20H,2-10,14-15H2,1H3/t16-,20+/m0/s1. The van der Waals surface area contributed by atoms with Gasteiger partial charge >= 0.3 is 5.97 Å². The molecule has 9 heteroatoms. The Bertz CT molecular complexity index is 898. The van der Waals surface area contributed by atoms with E-state index >= 15 is 0 Å². The number of benzene rings is 1. The third-order valence-corrected chi connectivity index (χ3v) is 6.86. The highest BCUT2D eigenvalue weighted by molar-refractivity contribution is 5.98. The maximum atomic E-state index is 13.9. The number of hydrogen-bond donors (Lipinski definition) is 0. The van der Waals surface area contributed by atoms with Gasteiger partial charge in [0.05, 0.1) is 19.1 Å². The van der Waals surface area contributed by atoms with Crippen molar-refractivity contribution in [2.24, 2.45) is 5.92 Å². The molecule has 7 nitrogen and oxygen atoms in total. The number of rotatable bonds is 4. The molecule has 0 aromatic heterocycles. The van der Waals surface area contributed by atoms with E-state index in [1.165, 1.54) is 4.90 Å². The molecule has 4 rings (SSSR count). The van der Waals surface area contributed by atoms with Gasteiger partial charge in [-0.05, 0) is 57.6 Å². The summed E-state index contributed by atoms with van der Waals surface area (Å²) in [5, 5.41) is 0. The van der Waals surface area contributed by atoms with E-state index in [1.807, 2.05) is 0 Å². The molecule has 2 saturated heterocycles. The highest BCUT2D eigenvalue weighted by atomic mass is 19.1. The molecule has 0 bridgehead atoms. The molecule has 2 atom stereocenters. The number of amides is 2. The van der Waals surface area contributed by atoms with Gasteiger partial charge in [-0.1, -0.05) is 6.42 Å². The maximum Gasteiger partial charge on any atom is 0.310 e. The lowest BCUT2D eigenvalue weighted by Crippen LogP contribution is -2.58. The topological polar surface area (TPSA) is 76.2 Å². The van der Waals surface area contributed by atoms with E-state index in [0.717, 1.165) is 31.4 Å². The summed E-state index contributed by atoms with van der Waals surface area (Å²) >= 11 is 0. The van der Waals surface area contributed by atoms with Gasteiger partial charge in [-0.2, -0.15) is 0 Å². The fourth-order valence-electron chi connectivity index (χ4n) is 5.32. The number of hydrogen-bond acceptors (Lipinski definition) is 5. The molecule has 2 amide bonds. The zero-order valence-electron chi connectivity index (χ0n) is 18.9. The molecule has 3 aliphatic rings. The number of piperidine rings is 1. The Labute approximate surface area is 192 Å². The second kappa shape index (κ2) is 9.75. The molecule has 2 heterocycles. The Hall–Kier alpha value is -2.55. The summed E-state index contributed by atoms with van der Waals surface area (Å²) in [7, 11) is 0. The molecule has 1 aromatic rings. The Morgan fingerprint density at radius 2 is 1.79 bits per heavy atom. The number of halogens is 2. The van der Waals surface area contributed by atoms with Crippen LogP contribution in [0, 0.1) is 17.6 Å². The minimum absolute atomic E-state index is 0.0168. The van der Waals surface area contributed by atoms with Crippen molar-refractivity contribution in [2.75, 3.05) is 26.3 Å². The average Bonchev–Trinajstić information content (AvgIpc) is 3.16. The van der Waals surface area contributed by atoms with Gasteiger partial charge in [0.15, 0.2) is 0 Å². The number of likely N-dealkylation sites (tertiary alicyclic amines) is 1. The lowest BCUT2D eigenvalue weighted by Gasteiger charge is -2.42. The summed E-state index contributed by atoms with van der Waals surface area (Å²) in [6.45, 7) is 2.71. The largest absolute Gasteiger partial charge is 0.466 e. The quantitative estimate of drug-likeness (QED) is 0.640. The van der Waals surface area contributed by atoms with E-state index in [1.54, 1.807) is 11.8 Å². The summed E-state index contributed by atoms with van der Waals surface area (Å²) in [6, 6.07) is 1.77. The first-order valence-electron chi connectivity index (χ1n) is 11.7. The molecule has 33 heavy (non-hydrogen) atoms. The van der Waals surface area contributed by atoms with Gasteiger partial charge < -0.3 is 14.4 Å². The molecule has 1 saturated carbocycles. The van der Waals surface area contributed by atoms with E-state index in [4.69, 9.17) is 9.47 Å². The number of nitrogens with zero attached hydrogens (tertiary/aromatic N) is 2. The van der Waals surface area contributed by atoms with Crippen molar-refractivity contribution in [1.82, 2.24) is 9.80 Å². The third-order valence-electron chi connectivity index (χ3n) is 6.86. The van der Waals surface area contributed by atoms with Crippen LogP contribution in [0.15, 0.2) is 18.2 Å². The monoisotopic (exact) mass is 464 g/mol. The van der Waals surface area contributed by atoms with Gasteiger partial charge in [0.2, 0.25) is 5.91 Å². The van der Waals surface area contributed by atoms with Crippen LogP contribution in [-0.2, 0) is 19.1 Å². The van der Waals surface area contributed by atoms with Crippen molar-refractivity contribution in [3.8, 4) is 0 Å². The minimum Gasteiger partial charge on any atom is -0.466 e. The molecule has 3 fully saturated rings. The zero-order valence-corrected chi connectivity index (χ0v) is 18.9. The molecule has 2 aliphatic heterocycles. The third kappa shape index (κ3) is 4.74. The van der Waals surface area contributed by atoms with Crippen LogP contribution in [0.3, 0.4) is 0 Å². The van der Waals surface area contributed by atoms with Crippen LogP contribution in [0.1, 0.15) is 62.2 Å². The van der Waals surface area contributed by atoms with Crippen LogP contribution in [0.25, 0.3) is 0 Å². The fourth-order valence-corrected chi connectivity index (χ4v) is 5.32. The Kier molecular flexibility index (Phi) is 6.97. The fraction of sp³-hybridized carbons (Fsp3) is 0.625. The Morgan fingerprint density at radius 1 is 1.09 bits per heavy atom.